The van der Waals surface area contributed by atoms with Crippen LogP contribution in [-0.4, -0.2) is 18.6 Å². The van der Waals surface area contributed by atoms with Crippen LogP contribution in [0.3, 0.4) is 0 Å². The molecule has 0 bridgehead atoms. The zero-order valence-corrected chi connectivity index (χ0v) is 12.2. The fourth-order valence-corrected chi connectivity index (χ4v) is 3.53. The molecule has 0 amide bonds. The maximum absolute atomic E-state index is 9.14. The van der Waals surface area contributed by atoms with E-state index in [4.69, 9.17) is 10.00 Å². The molecule has 0 saturated heterocycles. The van der Waals surface area contributed by atoms with E-state index in [1.54, 1.807) is 7.11 Å². The van der Waals surface area contributed by atoms with Crippen molar-refractivity contribution in [1.29, 1.82) is 5.26 Å². The van der Waals surface area contributed by atoms with Crippen LogP contribution in [0.2, 0.25) is 0 Å². The van der Waals surface area contributed by atoms with Gasteiger partial charge in [-0.15, -0.1) is 11.3 Å². The maximum Gasteiger partial charge on any atom is 0.136 e. The molecule has 1 aliphatic heterocycles. The molecule has 1 aliphatic rings. The van der Waals surface area contributed by atoms with E-state index in [-0.39, 0.29) is 0 Å². The first-order valence-corrected chi connectivity index (χ1v) is 7.52. The standard InChI is InChI=1S/C16H16N2OS/c1-19-15-3-2-12(8-14(15)9-17)10-18-6-4-16-13(11-18)5-7-20-16/h2-3,5,7-8H,4,6,10-11H2,1H3. The Morgan fingerprint density at radius 2 is 2.30 bits per heavy atom. The number of thiophene rings is 1. The third-order valence-corrected chi connectivity index (χ3v) is 4.70. The Labute approximate surface area is 123 Å². The lowest BCUT2D eigenvalue weighted by atomic mass is 10.1. The van der Waals surface area contributed by atoms with Crippen molar-refractivity contribution in [2.45, 2.75) is 19.5 Å². The molecular formula is C16H16N2OS. The van der Waals surface area contributed by atoms with Crippen LogP contribution >= 0.6 is 11.3 Å². The summed E-state index contributed by atoms with van der Waals surface area (Å²) in [5.74, 6) is 0.648. The summed E-state index contributed by atoms with van der Waals surface area (Å²) in [5.41, 5.74) is 3.23. The van der Waals surface area contributed by atoms with Crippen LogP contribution in [0, 0.1) is 11.3 Å². The van der Waals surface area contributed by atoms with Crippen molar-refractivity contribution < 1.29 is 4.74 Å². The van der Waals surface area contributed by atoms with Gasteiger partial charge in [0.15, 0.2) is 0 Å². The summed E-state index contributed by atoms with van der Waals surface area (Å²) < 4.78 is 5.18. The number of nitriles is 1. The Hall–Kier alpha value is -1.83. The van der Waals surface area contributed by atoms with Gasteiger partial charge in [-0.3, -0.25) is 4.90 Å². The number of nitrogens with zero attached hydrogens (tertiary/aromatic N) is 2. The largest absolute Gasteiger partial charge is 0.495 e. The van der Waals surface area contributed by atoms with Crippen LogP contribution in [0.1, 0.15) is 21.6 Å². The summed E-state index contributed by atoms with van der Waals surface area (Å²) in [6.07, 6.45) is 1.13. The summed E-state index contributed by atoms with van der Waals surface area (Å²) in [5, 5.41) is 11.3. The van der Waals surface area contributed by atoms with E-state index in [9.17, 15) is 0 Å². The molecule has 0 fully saturated rings. The number of hydrogen-bond donors (Lipinski definition) is 0. The molecule has 3 nitrogen and oxygen atoms in total. The van der Waals surface area contributed by atoms with Gasteiger partial charge in [0, 0.05) is 24.5 Å². The van der Waals surface area contributed by atoms with Crippen LogP contribution in [0.15, 0.2) is 29.6 Å². The Morgan fingerprint density at radius 3 is 3.10 bits per heavy atom. The van der Waals surface area contributed by atoms with Gasteiger partial charge in [-0.25, -0.2) is 0 Å². The Kier molecular flexibility index (Phi) is 3.72. The van der Waals surface area contributed by atoms with Crippen molar-refractivity contribution in [3.8, 4) is 11.8 Å². The zero-order chi connectivity index (χ0) is 13.9. The molecule has 4 heteroatoms. The van der Waals surface area contributed by atoms with Crippen LogP contribution < -0.4 is 4.74 Å². The molecule has 0 unspecified atom stereocenters. The quantitative estimate of drug-likeness (QED) is 0.868. The van der Waals surface area contributed by atoms with Gasteiger partial charge < -0.3 is 4.74 Å². The fraction of sp³-hybridized carbons (Fsp3) is 0.312. The average Bonchev–Trinajstić information content (AvgIpc) is 2.94. The van der Waals surface area contributed by atoms with Crippen LogP contribution in [-0.2, 0) is 19.5 Å². The van der Waals surface area contributed by atoms with E-state index >= 15 is 0 Å². The number of hydrogen-bond acceptors (Lipinski definition) is 4. The van der Waals surface area contributed by atoms with Crippen molar-refractivity contribution in [2.24, 2.45) is 0 Å². The van der Waals surface area contributed by atoms with E-state index in [1.165, 1.54) is 16.0 Å². The van der Waals surface area contributed by atoms with Crippen molar-refractivity contribution in [3.63, 3.8) is 0 Å². The van der Waals surface area contributed by atoms with E-state index in [0.29, 0.717) is 11.3 Å². The number of ether oxygens (including phenoxy) is 1. The summed E-state index contributed by atoms with van der Waals surface area (Å²) in [4.78, 5) is 3.95. The van der Waals surface area contributed by atoms with Gasteiger partial charge in [-0.05, 0) is 41.1 Å². The summed E-state index contributed by atoms with van der Waals surface area (Å²) >= 11 is 1.86. The van der Waals surface area contributed by atoms with Crippen molar-refractivity contribution in [3.05, 3.63) is 51.2 Å². The number of rotatable bonds is 3. The second-order valence-corrected chi connectivity index (χ2v) is 5.98. The number of benzene rings is 1. The summed E-state index contributed by atoms with van der Waals surface area (Å²) in [6, 6.07) is 10.3. The lowest BCUT2D eigenvalue weighted by Crippen LogP contribution is -2.29. The molecule has 2 heterocycles. The highest BCUT2D eigenvalue weighted by Gasteiger charge is 2.17. The third kappa shape index (κ3) is 2.55. The van der Waals surface area contributed by atoms with Crippen molar-refractivity contribution in [2.75, 3.05) is 13.7 Å². The molecule has 0 atom stereocenters. The molecule has 0 spiro atoms. The van der Waals surface area contributed by atoms with Crippen LogP contribution in [0.4, 0.5) is 0 Å². The predicted octanol–water partition coefficient (Wildman–Crippen LogP) is 3.19. The molecule has 102 valence electrons. The highest BCUT2D eigenvalue weighted by Crippen LogP contribution is 2.26. The molecule has 1 aromatic carbocycles. The van der Waals surface area contributed by atoms with Gasteiger partial charge in [0.25, 0.3) is 0 Å². The second-order valence-electron chi connectivity index (χ2n) is 4.98. The average molecular weight is 284 g/mol. The second kappa shape index (κ2) is 5.66. The number of fused-ring (bicyclic) bond motifs is 1. The summed E-state index contributed by atoms with van der Waals surface area (Å²) in [6.45, 7) is 2.97. The lowest BCUT2D eigenvalue weighted by molar-refractivity contribution is 0.247. The molecule has 2 aromatic rings. The predicted molar refractivity (Wildman–Crippen MR) is 79.8 cm³/mol. The van der Waals surface area contributed by atoms with Crippen molar-refractivity contribution >= 4 is 11.3 Å². The topological polar surface area (TPSA) is 36.3 Å². The molecule has 3 rings (SSSR count). The maximum atomic E-state index is 9.14. The van der Waals surface area contributed by atoms with Gasteiger partial charge in [0.2, 0.25) is 0 Å². The van der Waals surface area contributed by atoms with E-state index in [2.05, 4.69) is 22.4 Å². The first-order valence-electron chi connectivity index (χ1n) is 6.65. The van der Waals surface area contributed by atoms with Crippen LogP contribution in [0.25, 0.3) is 0 Å². The van der Waals surface area contributed by atoms with Gasteiger partial charge in [0.05, 0.1) is 12.7 Å². The Balaban J connectivity index is 1.74. The minimum absolute atomic E-state index is 0.609. The summed E-state index contributed by atoms with van der Waals surface area (Å²) in [7, 11) is 1.60. The first kappa shape index (κ1) is 13.2. The molecule has 0 saturated carbocycles. The molecule has 1 aromatic heterocycles. The van der Waals surface area contributed by atoms with Gasteiger partial charge in [-0.1, -0.05) is 6.07 Å². The van der Waals surface area contributed by atoms with E-state index in [1.807, 2.05) is 29.5 Å². The Bertz CT molecular complexity index is 657. The first-order chi connectivity index (χ1) is 9.80. The van der Waals surface area contributed by atoms with Gasteiger partial charge >= 0.3 is 0 Å². The molecule has 0 N–H and O–H groups in total. The molecule has 0 aliphatic carbocycles. The third-order valence-electron chi connectivity index (χ3n) is 3.68. The lowest BCUT2D eigenvalue weighted by Gasteiger charge is -2.26. The van der Waals surface area contributed by atoms with E-state index in [0.717, 1.165) is 26.1 Å². The SMILES string of the molecule is COc1ccc(CN2CCc3sccc3C2)cc1C#N. The highest BCUT2D eigenvalue weighted by molar-refractivity contribution is 7.10. The zero-order valence-electron chi connectivity index (χ0n) is 11.4. The van der Waals surface area contributed by atoms with Crippen LogP contribution in [0.5, 0.6) is 5.75 Å². The normalized spacial score (nSPS) is 14.6. The molecule has 20 heavy (non-hydrogen) atoms. The molecule has 0 radical (unpaired) electrons. The molecular weight excluding hydrogens is 268 g/mol. The monoisotopic (exact) mass is 284 g/mol. The van der Waals surface area contributed by atoms with Crippen molar-refractivity contribution in [1.82, 2.24) is 4.90 Å². The smallest absolute Gasteiger partial charge is 0.136 e. The minimum atomic E-state index is 0.609. The number of methoxy groups -OCH3 is 1. The minimum Gasteiger partial charge on any atom is -0.495 e. The van der Waals surface area contributed by atoms with Gasteiger partial charge in [-0.2, -0.15) is 5.26 Å². The Morgan fingerprint density at radius 1 is 1.40 bits per heavy atom. The van der Waals surface area contributed by atoms with Gasteiger partial charge in [0.1, 0.15) is 11.8 Å². The highest BCUT2D eigenvalue weighted by atomic mass is 32.1. The van der Waals surface area contributed by atoms with E-state index < -0.39 is 0 Å². The fourth-order valence-electron chi connectivity index (χ4n) is 2.64.